The number of rotatable bonds is 7. The number of aldehydes is 1. The zero-order valence-electron chi connectivity index (χ0n) is 16.0. The second kappa shape index (κ2) is 9.01. The number of esters is 1. The SMILES string of the molecule is COC(=O)c1cc(C=O)c(OCc2ccccc2)c(-c2cc(F)ccc2OC)c1. The summed E-state index contributed by atoms with van der Waals surface area (Å²) in [6.45, 7) is 0.184. The first kappa shape index (κ1) is 20.1. The fraction of sp³-hybridized carbons (Fsp3) is 0.130. The van der Waals surface area contributed by atoms with Gasteiger partial charge in [0, 0.05) is 11.1 Å². The molecule has 3 aromatic rings. The molecule has 0 spiro atoms. The van der Waals surface area contributed by atoms with Gasteiger partial charge in [0.2, 0.25) is 0 Å². The molecule has 0 aliphatic heterocycles. The van der Waals surface area contributed by atoms with Crippen molar-refractivity contribution in [3.63, 3.8) is 0 Å². The Hall–Kier alpha value is -3.67. The third-order valence-electron chi connectivity index (χ3n) is 4.34. The van der Waals surface area contributed by atoms with Crippen LogP contribution in [0, 0.1) is 5.82 Å². The van der Waals surface area contributed by atoms with Crippen LogP contribution in [0.5, 0.6) is 11.5 Å². The van der Waals surface area contributed by atoms with E-state index in [0.717, 1.165) is 5.56 Å². The van der Waals surface area contributed by atoms with Crippen molar-refractivity contribution >= 4 is 12.3 Å². The third kappa shape index (κ3) is 4.43. The second-order valence-corrected chi connectivity index (χ2v) is 6.17. The topological polar surface area (TPSA) is 61.8 Å². The monoisotopic (exact) mass is 394 g/mol. The molecule has 0 unspecified atom stereocenters. The van der Waals surface area contributed by atoms with E-state index in [9.17, 15) is 14.0 Å². The summed E-state index contributed by atoms with van der Waals surface area (Å²) in [5.41, 5.74) is 1.87. The number of hydrogen-bond donors (Lipinski definition) is 0. The number of benzene rings is 3. The Bertz CT molecular complexity index is 1030. The first-order chi connectivity index (χ1) is 14.1. The van der Waals surface area contributed by atoms with Gasteiger partial charge in [0.15, 0.2) is 6.29 Å². The van der Waals surface area contributed by atoms with Gasteiger partial charge >= 0.3 is 5.97 Å². The van der Waals surface area contributed by atoms with Crippen LogP contribution in [0.25, 0.3) is 11.1 Å². The van der Waals surface area contributed by atoms with E-state index in [1.54, 1.807) is 0 Å². The Morgan fingerprint density at radius 1 is 1.00 bits per heavy atom. The lowest BCUT2D eigenvalue weighted by Gasteiger charge is -2.17. The Kier molecular flexibility index (Phi) is 6.24. The molecule has 0 saturated carbocycles. The fourth-order valence-corrected chi connectivity index (χ4v) is 2.96. The van der Waals surface area contributed by atoms with Gasteiger partial charge < -0.3 is 14.2 Å². The molecular formula is C23H19FO5. The standard InChI is InChI=1S/C23H19FO5/c1-27-21-9-8-18(24)12-19(21)20-11-16(23(26)28-2)10-17(13-25)22(20)29-14-15-6-4-3-5-7-15/h3-13H,14H2,1-2H3. The average Bonchev–Trinajstić information content (AvgIpc) is 2.77. The van der Waals surface area contributed by atoms with Crippen molar-refractivity contribution in [2.75, 3.05) is 14.2 Å². The number of carbonyl (C=O) groups is 2. The van der Waals surface area contributed by atoms with Crippen LogP contribution in [-0.4, -0.2) is 26.5 Å². The maximum atomic E-state index is 14.0. The van der Waals surface area contributed by atoms with Gasteiger partial charge in [0.25, 0.3) is 0 Å². The highest BCUT2D eigenvalue weighted by molar-refractivity contribution is 5.97. The second-order valence-electron chi connectivity index (χ2n) is 6.17. The van der Waals surface area contributed by atoms with Gasteiger partial charge in [-0.3, -0.25) is 4.79 Å². The molecule has 29 heavy (non-hydrogen) atoms. The predicted octanol–water partition coefficient (Wildman–Crippen LogP) is 4.68. The summed E-state index contributed by atoms with van der Waals surface area (Å²) in [6, 6.07) is 16.3. The molecule has 0 heterocycles. The molecule has 0 N–H and O–H groups in total. The van der Waals surface area contributed by atoms with Crippen molar-refractivity contribution in [2.24, 2.45) is 0 Å². The Labute approximate surface area is 167 Å². The summed E-state index contributed by atoms with van der Waals surface area (Å²) in [5, 5.41) is 0. The van der Waals surface area contributed by atoms with E-state index in [1.165, 1.54) is 44.6 Å². The molecule has 0 fully saturated rings. The summed E-state index contributed by atoms with van der Waals surface area (Å²) in [7, 11) is 2.69. The zero-order chi connectivity index (χ0) is 20.8. The fourth-order valence-electron chi connectivity index (χ4n) is 2.96. The summed E-state index contributed by atoms with van der Waals surface area (Å²) in [6.07, 6.45) is 0.585. The number of methoxy groups -OCH3 is 2. The van der Waals surface area contributed by atoms with E-state index >= 15 is 0 Å². The van der Waals surface area contributed by atoms with Crippen molar-refractivity contribution in [2.45, 2.75) is 6.61 Å². The smallest absolute Gasteiger partial charge is 0.337 e. The van der Waals surface area contributed by atoms with Crippen LogP contribution in [-0.2, 0) is 11.3 Å². The number of halogens is 1. The summed E-state index contributed by atoms with van der Waals surface area (Å²) in [4.78, 5) is 23.9. The van der Waals surface area contributed by atoms with Gasteiger partial charge in [-0.15, -0.1) is 0 Å². The lowest BCUT2D eigenvalue weighted by atomic mass is 9.97. The van der Waals surface area contributed by atoms with Crippen LogP contribution in [0.1, 0.15) is 26.3 Å². The van der Waals surface area contributed by atoms with Crippen LogP contribution < -0.4 is 9.47 Å². The summed E-state index contributed by atoms with van der Waals surface area (Å²) >= 11 is 0. The van der Waals surface area contributed by atoms with Crippen LogP contribution in [0.15, 0.2) is 60.7 Å². The van der Waals surface area contributed by atoms with Gasteiger partial charge in [-0.1, -0.05) is 30.3 Å². The number of hydrogen-bond acceptors (Lipinski definition) is 5. The number of ether oxygens (including phenoxy) is 3. The lowest BCUT2D eigenvalue weighted by molar-refractivity contribution is 0.0600. The summed E-state index contributed by atoms with van der Waals surface area (Å²) < 4.78 is 30.1. The average molecular weight is 394 g/mol. The molecule has 0 radical (unpaired) electrons. The van der Waals surface area contributed by atoms with Crippen LogP contribution in [0.2, 0.25) is 0 Å². The molecule has 5 nitrogen and oxygen atoms in total. The molecular weight excluding hydrogens is 375 g/mol. The first-order valence-electron chi connectivity index (χ1n) is 8.79. The van der Waals surface area contributed by atoms with E-state index in [1.807, 2.05) is 30.3 Å². The highest BCUT2D eigenvalue weighted by Crippen LogP contribution is 2.40. The van der Waals surface area contributed by atoms with Gasteiger partial charge in [-0.05, 0) is 35.9 Å². The van der Waals surface area contributed by atoms with Crippen molar-refractivity contribution < 1.29 is 28.2 Å². The maximum absolute atomic E-state index is 14.0. The van der Waals surface area contributed by atoms with Crippen molar-refractivity contribution in [1.82, 2.24) is 0 Å². The largest absolute Gasteiger partial charge is 0.496 e. The van der Waals surface area contributed by atoms with Gasteiger partial charge in [-0.2, -0.15) is 0 Å². The minimum atomic E-state index is -0.626. The van der Waals surface area contributed by atoms with Crippen LogP contribution >= 0.6 is 0 Å². The molecule has 3 aromatic carbocycles. The molecule has 0 aliphatic rings. The molecule has 3 rings (SSSR count). The van der Waals surface area contributed by atoms with E-state index in [-0.39, 0.29) is 23.5 Å². The molecule has 0 bridgehead atoms. The first-order valence-corrected chi connectivity index (χ1v) is 8.79. The van der Waals surface area contributed by atoms with Crippen molar-refractivity contribution in [3.05, 3.63) is 83.2 Å². The van der Waals surface area contributed by atoms with Gasteiger partial charge in [-0.25, -0.2) is 9.18 Å². The van der Waals surface area contributed by atoms with Gasteiger partial charge in [0.1, 0.15) is 23.9 Å². The van der Waals surface area contributed by atoms with E-state index < -0.39 is 11.8 Å². The lowest BCUT2D eigenvalue weighted by Crippen LogP contribution is -2.06. The van der Waals surface area contributed by atoms with Crippen molar-refractivity contribution in [3.8, 4) is 22.6 Å². The van der Waals surface area contributed by atoms with Gasteiger partial charge in [0.05, 0.1) is 25.3 Å². The molecule has 0 atom stereocenters. The molecule has 6 heteroatoms. The minimum absolute atomic E-state index is 0.142. The minimum Gasteiger partial charge on any atom is -0.496 e. The number of carbonyl (C=O) groups excluding carboxylic acids is 2. The highest BCUT2D eigenvalue weighted by atomic mass is 19.1. The molecule has 0 aromatic heterocycles. The normalized spacial score (nSPS) is 10.3. The Morgan fingerprint density at radius 3 is 2.41 bits per heavy atom. The zero-order valence-corrected chi connectivity index (χ0v) is 16.0. The molecule has 148 valence electrons. The maximum Gasteiger partial charge on any atom is 0.337 e. The Morgan fingerprint density at radius 2 is 1.76 bits per heavy atom. The van der Waals surface area contributed by atoms with Crippen molar-refractivity contribution in [1.29, 1.82) is 0 Å². The molecule has 0 aliphatic carbocycles. The predicted molar refractivity (Wildman–Crippen MR) is 106 cm³/mol. The molecule has 0 saturated heterocycles. The van der Waals surface area contributed by atoms with Crippen LogP contribution in [0.4, 0.5) is 4.39 Å². The van der Waals surface area contributed by atoms with E-state index in [4.69, 9.17) is 14.2 Å². The van der Waals surface area contributed by atoms with Crippen LogP contribution in [0.3, 0.4) is 0 Å². The van der Waals surface area contributed by atoms with E-state index in [0.29, 0.717) is 23.2 Å². The summed E-state index contributed by atoms with van der Waals surface area (Å²) in [5.74, 6) is -0.527. The quantitative estimate of drug-likeness (QED) is 0.430. The van der Waals surface area contributed by atoms with E-state index in [2.05, 4.69) is 0 Å². The highest BCUT2D eigenvalue weighted by Gasteiger charge is 2.20. The Balaban J connectivity index is 2.18. The molecule has 0 amide bonds. The third-order valence-corrected chi connectivity index (χ3v) is 4.34.